The molecule has 3 atom stereocenters. The van der Waals surface area contributed by atoms with Gasteiger partial charge in [-0.05, 0) is 6.92 Å². The fourth-order valence-corrected chi connectivity index (χ4v) is 1.26. The van der Waals surface area contributed by atoms with Crippen LogP contribution in [0, 0.1) is 0 Å². The second-order valence-electron chi connectivity index (χ2n) is 3.51. The van der Waals surface area contributed by atoms with Crippen LogP contribution in [0.3, 0.4) is 0 Å². The Morgan fingerprint density at radius 1 is 1.71 bits per heavy atom. The lowest BCUT2D eigenvalue weighted by molar-refractivity contribution is -0.142. The number of ether oxygens (including phenoxy) is 1. The first-order valence-electron chi connectivity index (χ1n) is 4.66. The van der Waals surface area contributed by atoms with E-state index in [9.17, 15) is 4.79 Å². The molecule has 1 rings (SSSR count). The topological polar surface area (TPSA) is 96.6 Å². The number of carbonyl (C=O) groups is 1. The molecule has 0 aromatic rings. The monoisotopic (exact) mass is 203 g/mol. The Bertz CT molecular complexity index is 198. The fraction of sp³-hybridized carbons (Fsp3) is 0.875. The van der Waals surface area contributed by atoms with Crippen molar-refractivity contribution < 1.29 is 14.6 Å². The maximum Gasteiger partial charge on any atom is 0.320 e. The van der Waals surface area contributed by atoms with Gasteiger partial charge in [0.15, 0.2) is 0 Å². The van der Waals surface area contributed by atoms with Crippen molar-refractivity contribution in [1.29, 1.82) is 0 Å². The molecule has 0 aliphatic carbocycles. The standard InChI is InChI=1S/C8H17N3O3/c1-5(9)3-14-7-2-6(8(12)13)10-4-11-7/h5-7,10-11H,2-4,9H2,1H3,(H,12,13). The first kappa shape index (κ1) is 11.4. The SMILES string of the molecule is CC(N)COC1CC(C(=O)O)NCN1. The Balaban J connectivity index is 2.29. The summed E-state index contributed by atoms with van der Waals surface area (Å²) in [5.74, 6) is -0.846. The van der Waals surface area contributed by atoms with Gasteiger partial charge < -0.3 is 15.6 Å². The van der Waals surface area contributed by atoms with Crippen LogP contribution in [0.4, 0.5) is 0 Å². The zero-order valence-corrected chi connectivity index (χ0v) is 8.19. The molecule has 6 nitrogen and oxygen atoms in total. The lowest BCUT2D eigenvalue weighted by Gasteiger charge is -2.29. The Morgan fingerprint density at radius 3 is 3.00 bits per heavy atom. The van der Waals surface area contributed by atoms with Gasteiger partial charge in [0.1, 0.15) is 12.3 Å². The molecule has 1 aliphatic heterocycles. The van der Waals surface area contributed by atoms with Crippen molar-refractivity contribution in [2.75, 3.05) is 13.3 Å². The minimum Gasteiger partial charge on any atom is -0.480 e. The van der Waals surface area contributed by atoms with E-state index in [0.29, 0.717) is 19.7 Å². The summed E-state index contributed by atoms with van der Waals surface area (Å²) in [6, 6.07) is -0.565. The third-order valence-electron chi connectivity index (χ3n) is 1.99. The number of carboxylic acids is 1. The van der Waals surface area contributed by atoms with Gasteiger partial charge in [0.2, 0.25) is 0 Å². The summed E-state index contributed by atoms with van der Waals surface area (Å²) in [5.41, 5.74) is 5.52. The lowest BCUT2D eigenvalue weighted by atomic mass is 10.1. The molecule has 1 saturated heterocycles. The molecular weight excluding hydrogens is 186 g/mol. The van der Waals surface area contributed by atoms with Crippen LogP contribution in [0.2, 0.25) is 0 Å². The fourth-order valence-electron chi connectivity index (χ4n) is 1.26. The predicted octanol–water partition coefficient (Wildman–Crippen LogP) is -1.33. The van der Waals surface area contributed by atoms with E-state index >= 15 is 0 Å². The van der Waals surface area contributed by atoms with Crippen LogP contribution in [0.25, 0.3) is 0 Å². The minimum atomic E-state index is -0.846. The van der Waals surface area contributed by atoms with E-state index in [1.807, 2.05) is 6.92 Å². The van der Waals surface area contributed by atoms with E-state index in [-0.39, 0.29) is 12.3 Å². The molecule has 0 radical (unpaired) electrons. The third kappa shape index (κ3) is 3.59. The molecule has 0 spiro atoms. The van der Waals surface area contributed by atoms with E-state index in [1.54, 1.807) is 0 Å². The quantitative estimate of drug-likeness (QED) is 0.452. The number of nitrogens with one attached hydrogen (secondary N) is 2. The summed E-state index contributed by atoms with van der Waals surface area (Å²) >= 11 is 0. The van der Waals surface area contributed by atoms with E-state index in [0.717, 1.165) is 0 Å². The second kappa shape index (κ2) is 5.26. The molecule has 0 amide bonds. The molecule has 3 unspecified atom stereocenters. The highest BCUT2D eigenvalue weighted by Gasteiger charge is 2.26. The summed E-state index contributed by atoms with van der Waals surface area (Å²) < 4.78 is 5.39. The van der Waals surface area contributed by atoms with Crippen LogP contribution in [0.5, 0.6) is 0 Å². The number of nitrogens with two attached hydrogens (primary N) is 1. The van der Waals surface area contributed by atoms with Crippen LogP contribution in [-0.2, 0) is 9.53 Å². The van der Waals surface area contributed by atoms with Crippen LogP contribution in [0.1, 0.15) is 13.3 Å². The van der Waals surface area contributed by atoms with Gasteiger partial charge in [-0.25, -0.2) is 0 Å². The minimum absolute atomic E-state index is 0.0324. The molecule has 1 aliphatic rings. The van der Waals surface area contributed by atoms with Crippen molar-refractivity contribution in [2.45, 2.75) is 31.7 Å². The maximum atomic E-state index is 10.7. The van der Waals surface area contributed by atoms with Gasteiger partial charge in [-0.3, -0.25) is 15.4 Å². The van der Waals surface area contributed by atoms with E-state index in [2.05, 4.69) is 10.6 Å². The zero-order valence-electron chi connectivity index (χ0n) is 8.19. The van der Waals surface area contributed by atoms with Gasteiger partial charge in [0, 0.05) is 19.1 Å². The van der Waals surface area contributed by atoms with Crippen LogP contribution < -0.4 is 16.4 Å². The number of hydrogen-bond acceptors (Lipinski definition) is 5. The van der Waals surface area contributed by atoms with Crippen molar-refractivity contribution in [3.05, 3.63) is 0 Å². The Morgan fingerprint density at radius 2 is 2.43 bits per heavy atom. The lowest BCUT2D eigenvalue weighted by Crippen LogP contribution is -2.55. The molecule has 82 valence electrons. The summed E-state index contributed by atoms with van der Waals surface area (Å²) in [6.07, 6.45) is 0.200. The molecule has 14 heavy (non-hydrogen) atoms. The van der Waals surface area contributed by atoms with Crippen molar-refractivity contribution in [1.82, 2.24) is 10.6 Å². The van der Waals surface area contributed by atoms with Crippen LogP contribution in [0.15, 0.2) is 0 Å². The molecule has 1 heterocycles. The van der Waals surface area contributed by atoms with Gasteiger partial charge >= 0.3 is 5.97 Å². The summed E-state index contributed by atoms with van der Waals surface area (Å²) in [5, 5.41) is 14.6. The molecule has 6 heteroatoms. The van der Waals surface area contributed by atoms with Crippen molar-refractivity contribution >= 4 is 5.97 Å². The van der Waals surface area contributed by atoms with Gasteiger partial charge in [0.25, 0.3) is 0 Å². The third-order valence-corrected chi connectivity index (χ3v) is 1.99. The molecular formula is C8H17N3O3. The van der Waals surface area contributed by atoms with E-state index < -0.39 is 12.0 Å². The molecule has 5 N–H and O–H groups in total. The first-order chi connectivity index (χ1) is 6.59. The van der Waals surface area contributed by atoms with E-state index in [1.165, 1.54) is 0 Å². The highest BCUT2D eigenvalue weighted by molar-refractivity contribution is 5.73. The summed E-state index contributed by atoms with van der Waals surface area (Å²) in [6.45, 7) is 2.72. The smallest absolute Gasteiger partial charge is 0.320 e. The Kier molecular flexibility index (Phi) is 4.27. The van der Waals surface area contributed by atoms with E-state index in [4.69, 9.17) is 15.6 Å². The maximum absolute atomic E-state index is 10.7. The van der Waals surface area contributed by atoms with Gasteiger partial charge in [-0.1, -0.05) is 0 Å². The highest BCUT2D eigenvalue weighted by Crippen LogP contribution is 2.05. The zero-order chi connectivity index (χ0) is 10.6. The van der Waals surface area contributed by atoms with Crippen molar-refractivity contribution in [3.63, 3.8) is 0 Å². The average molecular weight is 203 g/mol. The molecule has 1 fully saturated rings. The Hall–Kier alpha value is -0.690. The highest BCUT2D eigenvalue weighted by atomic mass is 16.5. The molecule has 0 aromatic carbocycles. The van der Waals surface area contributed by atoms with Gasteiger partial charge in [-0.15, -0.1) is 0 Å². The second-order valence-corrected chi connectivity index (χ2v) is 3.51. The summed E-state index contributed by atoms with van der Waals surface area (Å²) in [7, 11) is 0. The van der Waals surface area contributed by atoms with Crippen molar-refractivity contribution in [2.24, 2.45) is 5.73 Å². The first-order valence-corrected chi connectivity index (χ1v) is 4.66. The predicted molar refractivity (Wildman–Crippen MR) is 50.6 cm³/mol. The van der Waals surface area contributed by atoms with Gasteiger partial charge in [-0.2, -0.15) is 0 Å². The van der Waals surface area contributed by atoms with Gasteiger partial charge in [0.05, 0.1) is 6.61 Å². The largest absolute Gasteiger partial charge is 0.480 e. The molecule has 0 saturated carbocycles. The van der Waals surface area contributed by atoms with Crippen LogP contribution >= 0.6 is 0 Å². The Labute approximate surface area is 82.8 Å². The number of aliphatic carboxylic acids is 1. The summed E-state index contributed by atoms with van der Waals surface area (Å²) in [4.78, 5) is 10.7. The molecule has 0 aromatic heterocycles. The number of rotatable bonds is 4. The normalized spacial score (nSPS) is 29.9. The van der Waals surface area contributed by atoms with Crippen LogP contribution in [-0.4, -0.2) is 42.7 Å². The molecule has 0 bridgehead atoms. The van der Waals surface area contributed by atoms with Crippen molar-refractivity contribution in [3.8, 4) is 0 Å². The average Bonchev–Trinajstić information content (AvgIpc) is 2.15. The number of hydrogen-bond donors (Lipinski definition) is 4. The number of carboxylic acid groups (broad SMARTS) is 1.